The highest BCUT2D eigenvalue weighted by Gasteiger charge is 2.09. The fourth-order valence-corrected chi connectivity index (χ4v) is 0.825. The molecule has 0 atom stereocenters. The third kappa shape index (κ3) is 5.50. The molecule has 82 valence electrons. The highest BCUT2D eigenvalue weighted by atomic mass is 16.5. The van der Waals surface area contributed by atoms with Gasteiger partial charge in [0.1, 0.15) is 0 Å². The lowest BCUT2D eigenvalue weighted by Crippen LogP contribution is -2.41. The van der Waals surface area contributed by atoms with Crippen LogP contribution >= 0.6 is 0 Å². The predicted octanol–water partition coefficient (Wildman–Crippen LogP) is -0.850. The summed E-state index contributed by atoms with van der Waals surface area (Å²) in [5.41, 5.74) is 5.26. The lowest BCUT2D eigenvalue weighted by atomic mass is 10.4. The van der Waals surface area contributed by atoms with E-state index in [0.29, 0.717) is 39.1 Å². The largest absolute Gasteiger partial charge is 0.383 e. The van der Waals surface area contributed by atoms with Gasteiger partial charge in [-0.25, -0.2) is 4.79 Å². The van der Waals surface area contributed by atoms with E-state index >= 15 is 0 Å². The first-order valence-corrected chi connectivity index (χ1v) is 4.45. The molecule has 6 nitrogen and oxygen atoms in total. The average molecular weight is 203 g/mol. The maximum absolute atomic E-state index is 11.2. The van der Waals surface area contributed by atoms with Gasteiger partial charge in [-0.15, -0.1) is 0 Å². The molecule has 14 heavy (non-hydrogen) atoms. The molecule has 0 bridgehead atoms. The van der Waals surface area contributed by atoms with Crippen LogP contribution in [0.5, 0.6) is 0 Å². The highest BCUT2D eigenvalue weighted by Crippen LogP contribution is 1.87. The number of imide groups is 1. The molecular weight excluding hydrogens is 186 g/mol. The number of carbonyl (C=O) groups is 2. The smallest absolute Gasteiger partial charge is 0.323 e. The van der Waals surface area contributed by atoms with Crippen molar-refractivity contribution in [3.8, 4) is 0 Å². The molecule has 0 aromatic heterocycles. The van der Waals surface area contributed by atoms with E-state index in [1.165, 1.54) is 7.11 Å². The number of nitrogens with two attached hydrogens (primary N) is 1. The van der Waals surface area contributed by atoms with E-state index in [1.807, 2.05) is 0 Å². The standard InChI is InChI=1S/C8H17N3O3/c1-14-6-4-10-8(13)11(7-12)5-2-3-9/h7H,2-6,9H2,1H3,(H,10,13). The van der Waals surface area contributed by atoms with Crippen molar-refractivity contribution < 1.29 is 14.3 Å². The second kappa shape index (κ2) is 8.46. The maximum Gasteiger partial charge on any atom is 0.323 e. The maximum atomic E-state index is 11.2. The SMILES string of the molecule is COCCNC(=O)N(C=O)CCCN. The Balaban J connectivity index is 3.73. The van der Waals surface area contributed by atoms with Crippen LogP contribution < -0.4 is 11.1 Å². The number of nitrogens with zero attached hydrogens (tertiary/aromatic N) is 1. The second-order valence-corrected chi connectivity index (χ2v) is 2.67. The van der Waals surface area contributed by atoms with Crippen molar-refractivity contribution in [1.29, 1.82) is 0 Å². The van der Waals surface area contributed by atoms with Gasteiger partial charge in [0.25, 0.3) is 0 Å². The quantitative estimate of drug-likeness (QED) is 0.417. The van der Waals surface area contributed by atoms with Gasteiger partial charge in [-0.05, 0) is 13.0 Å². The number of ether oxygens (including phenoxy) is 1. The molecule has 3 N–H and O–H groups in total. The molecule has 0 rings (SSSR count). The molecule has 0 aliphatic carbocycles. The summed E-state index contributed by atoms with van der Waals surface area (Å²) in [6.45, 7) is 1.62. The van der Waals surface area contributed by atoms with Crippen LogP contribution in [0.3, 0.4) is 0 Å². The van der Waals surface area contributed by atoms with E-state index in [4.69, 9.17) is 10.5 Å². The summed E-state index contributed by atoms with van der Waals surface area (Å²) in [5.74, 6) is 0. The monoisotopic (exact) mass is 203 g/mol. The molecule has 0 aromatic carbocycles. The molecular formula is C8H17N3O3. The van der Waals surface area contributed by atoms with Gasteiger partial charge in [0.05, 0.1) is 6.61 Å². The predicted molar refractivity (Wildman–Crippen MR) is 51.7 cm³/mol. The molecule has 0 saturated heterocycles. The van der Waals surface area contributed by atoms with Crippen LogP contribution in [0.15, 0.2) is 0 Å². The van der Waals surface area contributed by atoms with Gasteiger partial charge in [0.15, 0.2) is 0 Å². The Morgan fingerprint density at radius 3 is 2.86 bits per heavy atom. The number of amides is 3. The first kappa shape index (κ1) is 12.9. The van der Waals surface area contributed by atoms with E-state index in [9.17, 15) is 9.59 Å². The van der Waals surface area contributed by atoms with Crippen LogP contribution in [0, 0.1) is 0 Å². The fourth-order valence-electron chi connectivity index (χ4n) is 0.825. The Morgan fingerprint density at radius 2 is 2.36 bits per heavy atom. The molecule has 0 radical (unpaired) electrons. The van der Waals surface area contributed by atoms with Crippen LogP contribution in [-0.4, -0.2) is 50.7 Å². The fraction of sp³-hybridized carbons (Fsp3) is 0.750. The number of nitrogens with one attached hydrogen (secondary N) is 1. The van der Waals surface area contributed by atoms with Gasteiger partial charge >= 0.3 is 6.03 Å². The number of hydrogen-bond donors (Lipinski definition) is 2. The third-order valence-corrected chi connectivity index (χ3v) is 1.57. The van der Waals surface area contributed by atoms with Crippen molar-refractivity contribution in [2.24, 2.45) is 5.73 Å². The van der Waals surface area contributed by atoms with Gasteiger partial charge < -0.3 is 15.8 Å². The Hall–Kier alpha value is -1.14. The minimum atomic E-state index is -0.412. The van der Waals surface area contributed by atoms with Crippen LogP contribution in [0.4, 0.5) is 4.79 Å². The summed E-state index contributed by atoms with van der Waals surface area (Å²) in [7, 11) is 1.54. The average Bonchev–Trinajstić information content (AvgIpc) is 2.19. The molecule has 0 heterocycles. The number of rotatable bonds is 7. The van der Waals surface area contributed by atoms with Crippen molar-refractivity contribution in [1.82, 2.24) is 10.2 Å². The molecule has 0 aliphatic rings. The summed E-state index contributed by atoms with van der Waals surface area (Å²) in [6, 6.07) is -0.412. The van der Waals surface area contributed by atoms with Gasteiger partial charge in [-0.1, -0.05) is 0 Å². The normalized spacial score (nSPS) is 9.57. The van der Waals surface area contributed by atoms with E-state index in [1.54, 1.807) is 0 Å². The van der Waals surface area contributed by atoms with Crippen LogP contribution in [0.2, 0.25) is 0 Å². The van der Waals surface area contributed by atoms with Crippen LogP contribution in [0.25, 0.3) is 0 Å². The van der Waals surface area contributed by atoms with Gasteiger partial charge in [-0.2, -0.15) is 0 Å². The molecule has 0 aromatic rings. The van der Waals surface area contributed by atoms with Crippen LogP contribution in [0.1, 0.15) is 6.42 Å². The minimum absolute atomic E-state index is 0.346. The van der Waals surface area contributed by atoms with Gasteiger partial charge in [0, 0.05) is 20.2 Å². The lowest BCUT2D eigenvalue weighted by molar-refractivity contribution is -0.115. The summed E-state index contributed by atoms with van der Waals surface area (Å²) in [6.07, 6.45) is 1.11. The molecule has 3 amide bonds. The van der Waals surface area contributed by atoms with Crippen molar-refractivity contribution in [3.63, 3.8) is 0 Å². The Morgan fingerprint density at radius 1 is 1.64 bits per heavy atom. The van der Waals surface area contributed by atoms with Gasteiger partial charge in [-0.3, -0.25) is 9.69 Å². The zero-order valence-corrected chi connectivity index (χ0v) is 8.36. The first-order chi connectivity index (χ1) is 6.76. The molecule has 0 aliphatic heterocycles. The third-order valence-electron chi connectivity index (χ3n) is 1.57. The number of carbonyl (C=O) groups excluding carboxylic acids is 2. The van der Waals surface area contributed by atoms with Crippen molar-refractivity contribution in [2.45, 2.75) is 6.42 Å². The van der Waals surface area contributed by atoms with E-state index < -0.39 is 6.03 Å². The molecule has 6 heteroatoms. The highest BCUT2D eigenvalue weighted by molar-refractivity contribution is 5.84. The number of urea groups is 1. The van der Waals surface area contributed by atoms with Crippen LogP contribution in [-0.2, 0) is 9.53 Å². The summed E-state index contributed by atoms with van der Waals surface area (Å²) in [4.78, 5) is 22.8. The summed E-state index contributed by atoms with van der Waals surface area (Å²) in [5, 5.41) is 2.53. The summed E-state index contributed by atoms with van der Waals surface area (Å²) >= 11 is 0. The number of methoxy groups -OCH3 is 1. The number of hydrogen-bond acceptors (Lipinski definition) is 4. The van der Waals surface area contributed by atoms with Crippen molar-refractivity contribution >= 4 is 12.4 Å². The van der Waals surface area contributed by atoms with E-state index in [-0.39, 0.29) is 0 Å². The topological polar surface area (TPSA) is 84.7 Å². The van der Waals surface area contributed by atoms with E-state index in [0.717, 1.165) is 4.90 Å². The lowest BCUT2D eigenvalue weighted by Gasteiger charge is -2.15. The minimum Gasteiger partial charge on any atom is -0.383 e. The molecule has 0 saturated carbocycles. The van der Waals surface area contributed by atoms with Crippen molar-refractivity contribution in [3.05, 3.63) is 0 Å². The first-order valence-electron chi connectivity index (χ1n) is 4.45. The Kier molecular flexibility index (Phi) is 7.77. The summed E-state index contributed by atoms with van der Waals surface area (Å²) < 4.78 is 4.75. The van der Waals surface area contributed by atoms with E-state index in [2.05, 4.69) is 5.32 Å². The Labute approximate surface area is 83.4 Å². The zero-order chi connectivity index (χ0) is 10.8. The second-order valence-electron chi connectivity index (χ2n) is 2.67. The van der Waals surface area contributed by atoms with Gasteiger partial charge in [0.2, 0.25) is 6.41 Å². The molecule has 0 spiro atoms. The molecule has 0 fully saturated rings. The van der Waals surface area contributed by atoms with Crippen molar-refractivity contribution in [2.75, 3.05) is 33.4 Å². The Bertz CT molecular complexity index is 175. The molecule has 0 unspecified atom stereocenters. The zero-order valence-electron chi connectivity index (χ0n) is 8.36.